The van der Waals surface area contributed by atoms with Crippen LogP contribution in [0.3, 0.4) is 0 Å². The number of imidazole rings is 1. The Morgan fingerprint density at radius 3 is 2.85 bits per heavy atom. The molecule has 27 heavy (non-hydrogen) atoms. The number of benzene rings is 1. The summed E-state index contributed by atoms with van der Waals surface area (Å²) >= 11 is 0. The Labute approximate surface area is 154 Å². The van der Waals surface area contributed by atoms with Gasteiger partial charge in [0, 0.05) is 25.8 Å². The predicted octanol–water partition coefficient (Wildman–Crippen LogP) is 0.00950. The topological polar surface area (TPSA) is 121 Å². The van der Waals surface area contributed by atoms with Crippen molar-refractivity contribution in [3.05, 3.63) is 73.6 Å². The molecular weight excluding hydrogens is 346 g/mol. The van der Waals surface area contributed by atoms with E-state index in [0.717, 1.165) is 17.5 Å². The number of nitrogen functional groups attached to an aromatic ring is 1. The van der Waals surface area contributed by atoms with Crippen LogP contribution in [-0.4, -0.2) is 22.4 Å². The maximum Gasteiger partial charge on any atom is 0.253 e. The number of carbonyl (C=O) groups excluding carboxylic acids is 1. The SMILES string of the molecule is Nc1c(N2CCc3ccc(CNC(=O)Cc4c[nH]cn4)cc3C2)c(=O)c1=O. The van der Waals surface area contributed by atoms with Gasteiger partial charge in [-0.2, -0.15) is 0 Å². The zero-order valence-corrected chi connectivity index (χ0v) is 14.6. The lowest BCUT2D eigenvalue weighted by Crippen LogP contribution is -2.44. The molecule has 0 unspecified atom stereocenters. The Bertz CT molecular complexity index is 1060. The summed E-state index contributed by atoms with van der Waals surface area (Å²) in [5, 5.41) is 2.89. The summed E-state index contributed by atoms with van der Waals surface area (Å²) in [6, 6.07) is 6.07. The summed E-state index contributed by atoms with van der Waals surface area (Å²) in [6.45, 7) is 1.60. The van der Waals surface area contributed by atoms with Crippen LogP contribution >= 0.6 is 0 Å². The maximum atomic E-state index is 12.0. The summed E-state index contributed by atoms with van der Waals surface area (Å²) in [5.74, 6) is -0.0991. The van der Waals surface area contributed by atoms with Gasteiger partial charge < -0.3 is 20.9 Å². The molecule has 0 radical (unpaired) electrons. The molecule has 3 aromatic rings. The number of rotatable bonds is 5. The number of carbonyl (C=O) groups is 1. The number of nitrogens with zero attached hydrogens (tertiary/aromatic N) is 2. The van der Waals surface area contributed by atoms with E-state index in [0.29, 0.717) is 31.0 Å². The van der Waals surface area contributed by atoms with Crippen LogP contribution in [0.2, 0.25) is 0 Å². The Morgan fingerprint density at radius 2 is 2.11 bits per heavy atom. The molecule has 2 heterocycles. The number of nitrogens with one attached hydrogen (secondary N) is 2. The number of H-pyrrole nitrogens is 1. The molecule has 0 atom stereocenters. The maximum absolute atomic E-state index is 12.0. The van der Waals surface area contributed by atoms with Crippen molar-refractivity contribution in [3.63, 3.8) is 0 Å². The number of amides is 1. The second-order valence-electron chi connectivity index (χ2n) is 6.71. The van der Waals surface area contributed by atoms with Crippen LogP contribution in [0.4, 0.5) is 11.4 Å². The average Bonchev–Trinajstić information content (AvgIpc) is 3.19. The van der Waals surface area contributed by atoms with Gasteiger partial charge in [-0.05, 0) is 23.1 Å². The first kappa shape index (κ1) is 17.0. The van der Waals surface area contributed by atoms with Gasteiger partial charge in [0.1, 0.15) is 11.4 Å². The minimum absolute atomic E-state index is 0.0604. The number of anilines is 2. The van der Waals surface area contributed by atoms with E-state index in [9.17, 15) is 14.4 Å². The van der Waals surface area contributed by atoms with Gasteiger partial charge in [-0.1, -0.05) is 18.2 Å². The molecule has 4 N–H and O–H groups in total. The molecule has 0 saturated carbocycles. The number of fused-ring (bicyclic) bond motifs is 1. The summed E-state index contributed by atoms with van der Waals surface area (Å²) in [7, 11) is 0. The lowest BCUT2D eigenvalue weighted by Gasteiger charge is -2.32. The number of aromatic amines is 1. The molecule has 4 rings (SSSR count). The summed E-state index contributed by atoms with van der Waals surface area (Å²) in [6.07, 6.45) is 4.24. The van der Waals surface area contributed by atoms with Gasteiger partial charge in [0.2, 0.25) is 5.91 Å². The molecule has 1 aromatic heterocycles. The Kier molecular flexibility index (Phi) is 4.23. The highest BCUT2D eigenvalue weighted by Gasteiger charge is 2.26. The molecule has 8 nitrogen and oxygen atoms in total. The Hall–Kier alpha value is -3.42. The molecule has 0 aliphatic carbocycles. The summed E-state index contributed by atoms with van der Waals surface area (Å²) in [5.41, 5.74) is 8.94. The van der Waals surface area contributed by atoms with Crippen molar-refractivity contribution in [2.45, 2.75) is 25.9 Å². The van der Waals surface area contributed by atoms with Crippen LogP contribution < -0.4 is 26.8 Å². The van der Waals surface area contributed by atoms with Crippen molar-refractivity contribution in [2.75, 3.05) is 17.2 Å². The van der Waals surface area contributed by atoms with Gasteiger partial charge in [0.15, 0.2) is 0 Å². The molecule has 138 valence electrons. The van der Waals surface area contributed by atoms with Crippen LogP contribution in [0.1, 0.15) is 22.4 Å². The number of hydrogen-bond donors (Lipinski definition) is 3. The van der Waals surface area contributed by atoms with E-state index >= 15 is 0 Å². The minimum atomic E-state index is -0.593. The van der Waals surface area contributed by atoms with Crippen LogP contribution in [0.15, 0.2) is 40.3 Å². The van der Waals surface area contributed by atoms with Crippen LogP contribution in [0.5, 0.6) is 0 Å². The first-order valence-electron chi connectivity index (χ1n) is 8.71. The van der Waals surface area contributed by atoms with E-state index in [1.807, 2.05) is 23.1 Å². The van der Waals surface area contributed by atoms with E-state index in [2.05, 4.69) is 15.3 Å². The minimum Gasteiger partial charge on any atom is -0.394 e. The van der Waals surface area contributed by atoms with Crippen molar-refractivity contribution in [1.82, 2.24) is 15.3 Å². The third kappa shape index (κ3) is 3.21. The molecule has 0 saturated heterocycles. The van der Waals surface area contributed by atoms with Gasteiger partial charge >= 0.3 is 0 Å². The quantitative estimate of drug-likeness (QED) is 0.548. The monoisotopic (exact) mass is 365 g/mol. The highest BCUT2D eigenvalue weighted by Crippen LogP contribution is 2.26. The van der Waals surface area contributed by atoms with Crippen molar-refractivity contribution >= 4 is 17.3 Å². The van der Waals surface area contributed by atoms with Gasteiger partial charge in [-0.15, -0.1) is 0 Å². The lowest BCUT2D eigenvalue weighted by atomic mass is 9.96. The molecule has 0 spiro atoms. The lowest BCUT2D eigenvalue weighted by molar-refractivity contribution is -0.120. The first-order valence-corrected chi connectivity index (χ1v) is 8.71. The molecule has 0 bridgehead atoms. The zero-order valence-electron chi connectivity index (χ0n) is 14.6. The van der Waals surface area contributed by atoms with Crippen LogP contribution in [0.25, 0.3) is 0 Å². The molecule has 0 fully saturated rings. The third-order valence-electron chi connectivity index (χ3n) is 4.91. The van der Waals surface area contributed by atoms with E-state index < -0.39 is 10.9 Å². The van der Waals surface area contributed by atoms with Crippen molar-refractivity contribution in [2.24, 2.45) is 0 Å². The highest BCUT2D eigenvalue weighted by molar-refractivity contribution is 5.78. The normalized spacial score (nSPS) is 13.6. The van der Waals surface area contributed by atoms with Gasteiger partial charge in [0.05, 0.1) is 18.4 Å². The predicted molar refractivity (Wildman–Crippen MR) is 101 cm³/mol. The van der Waals surface area contributed by atoms with E-state index in [-0.39, 0.29) is 18.0 Å². The van der Waals surface area contributed by atoms with Gasteiger partial charge in [-0.3, -0.25) is 14.4 Å². The molecule has 1 aliphatic heterocycles. The van der Waals surface area contributed by atoms with E-state index in [1.165, 1.54) is 5.56 Å². The second kappa shape index (κ2) is 6.71. The smallest absolute Gasteiger partial charge is 0.253 e. The van der Waals surface area contributed by atoms with Gasteiger partial charge in [0.25, 0.3) is 10.9 Å². The largest absolute Gasteiger partial charge is 0.394 e. The molecule has 2 aromatic carbocycles. The zero-order chi connectivity index (χ0) is 19.0. The average molecular weight is 365 g/mol. The summed E-state index contributed by atoms with van der Waals surface area (Å²) < 4.78 is 0. The van der Waals surface area contributed by atoms with E-state index in [4.69, 9.17) is 5.73 Å². The number of hydrogen-bond acceptors (Lipinski definition) is 6. The standard InChI is InChI=1S/C19H19N5O3/c20-16-17(19(27)18(16)26)24-4-3-12-2-1-11(5-13(12)9-24)7-22-15(25)6-14-8-21-10-23-14/h1-2,5,8,10H,3-4,6-7,9,20H2,(H,21,23)(H,22,25). The van der Waals surface area contributed by atoms with Crippen molar-refractivity contribution < 1.29 is 4.79 Å². The fraction of sp³-hybridized carbons (Fsp3) is 0.263. The van der Waals surface area contributed by atoms with Crippen LogP contribution in [-0.2, 0) is 30.7 Å². The molecule has 1 amide bonds. The van der Waals surface area contributed by atoms with E-state index in [1.54, 1.807) is 12.5 Å². The van der Waals surface area contributed by atoms with Gasteiger partial charge in [-0.25, -0.2) is 4.98 Å². The fourth-order valence-corrected chi connectivity index (χ4v) is 3.44. The first-order chi connectivity index (χ1) is 13.0. The second-order valence-corrected chi connectivity index (χ2v) is 6.71. The fourth-order valence-electron chi connectivity index (χ4n) is 3.44. The molecule has 1 aliphatic rings. The molecule has 8 heteroatoms. The Morgan fingerprint density at radius 1 is 1.26 bits per heavy atom. The van der Waals surface area contributed by atoms with Crippen molar-refractivity contribution in [3.8, 4) is 0 Å². The molecular formula is C19H19N5O3. The van der Waals surface area contributed by atoms with Crippen molar-refractivity contribution in [1.29, 1.82) is 0 Å². The highest BCUT2D eigenvalue weighted by atomic mass is 16.2. The Balaban J connectivity index is 1.43. The third-order valence-corrected chi connectivity index (χ3v) is 4.91. The number of aromatic nitrogens is 2. The summed E-state index contributed by atoms with van der Waals surface area (Å²) in [4.78, 5) is 43.9. The number of nitrogens with two attached hydrogens (primary N) is 1. The van der Waals surface area contributed by atoms with Crippen LogP contribution in [0, 0.1) is 0 Å².